The van der Waals surface area contributed by atoms with Crippen LogP contribution >= 0.6 is 0 Å². The second-order valence-corrected chi connectivity index (χ2v) is 7.80. The maximum atomic E-state index is 12.9. The topological polar surface area (TPSA) is 104 Å². The van der Waals surface area contributed by atoms with E-state index >= 15 is 0 Å². The number of benzene rings is 3. The third-order valence-corrected chi connectivity index (χ3v) is 5.46. The molecule has 8 heteroatoms. The highest BCUT2D eigenvalue weighted by molar-refractivity contribution is 7.92. The summed E-state index contributed by atoms with van der Waals surface area (Å²) in [6.45, 7) is 1.84. The molecule has 3 aromatic carbocycles. The number of anilines is 1. The maximum absolute atomic E-state index is 12.9. The highest BCUT2D eigenvalue weighted by atomic mass is 32.2. The third-order valence-electron chi connectivity index (χ3n) is 4.08. The Balaban J connectivity index is 2.06. The summed E-state index contributed by atoms with van der Waals surface area (Å²) in [7, 11) is -3.96. The largest absolute Gasteiger partial charge is 0.317 e. The van der Waals surface area contributed by atoms with Crippen LogP contribution in [0.4, 0.5) is 11.4 Å². The zero-order valence-corrected chi connectivity index (χ0v) is 15.7. The van der Waals surface area contributed by atoms with Gasteiger partial charge in [0.1, 0.15) is 0 Å². The number of aryl methyl sites for hydroxylation is 1. The first-order valence-corrected chi connectivity index (χ1v) is 9.76. The van der Waals surface area contributed by atoms with E-state index in [1.165, 1.54) is 24.3 Å². The molecule has 0 aliphatic heterocycles. The molecule has 0 fully saturated rings. The van der Waals surface area contributed by atoms with Crippen molar-refractivity contribution in [2.24, 2.45) is 0 Å². The smallest absolute Gasteiger partial charge is 0.289 e. The zero-order chi connectivity index (χ0) is 20.3. The first-order chi connectivity index (χ1) is 13.3. The molecule has 0 bridgehead atoms. The lowest BCUT2D eigenvalue weighted by molar-refractivity contribution is -0.729. The molecule has 7 nitrogen and oxygen atoms in total. The number of carbonyl (C=O) groups is 1. The van der Waals surface area contributed by atoms with E-state index in [1.807, 2.05) is 6.92 Å². The van der Waals surface area contributed by atoms with Crippen molar-refractivity contribution in [3.8, 4) is 0 Å². The van der Waals surface area contributed by atoms with Crippen molar-refractivity contribution in [2.45, 2.75) is 11.8 Å². The highest BCUT2D eigenvalue weighted by Gasteiger charge is 2.23. The van der Waals surface area contributed by atoms with Crippen molar-refractivity contribution >= 4 is 27.2 Å². The number of rotatable bonds is 6. The Morgan fingerprint density at radius 1 is 0.964 bits per heavy atom. The molecule has 0 saturated carbocycles. The van der Waals surface area contributed by atoms with Crippen LogP contribution < -0.4 is 4.72 Å². The van der Waals surface area contributed by atoms with E-state index in [0.717, 1.165) is 11.6 Å². The van der Waals surface area contributed by atoms with Crippen LogP contribution in [0, 0.1) is 11.8 Å². The highest BCUT2D eigenvalue weighted by Crippen LogP contribution is 2.27. The van der Waals surface area contributed by atoms with Crippen LogP contribution in [0.15, 0.2) is 77.7 Å². The van der Waals surface area contributed by atoms with E-state index in [-0.39, 0.29) is 26.8 Å². The monoisotopic (exact) mass is 397 g/mol. The second kappa shape index (κ2) is 7.61. The fraction of sp³-hybridized carbons (Fsp3) is 0.0500. The molecule has 0 atom stereocenters. The predicted octanol–water partition coefficient (Wildman–Crippen LogP) is 3.83. The van der Waals surface area contributed by atoms with E-state index in [9.17, 15) is 18.1 Å². The van der Waals surface area contributed by atoms with Crippen molar-refractivity contribution in [1.29, 1.82) is 0 Å². The quantitative estimate of drug-likeness (QED) is 0.486. The number of carbonyl (C=O) groups excluding carboxylic acids is 1. The lowest BCUT2D eigenvalue weighted by atomic mass is 10.0. The molecule has 0 unspecified atom stereocenters. The summed E-state index contributed by atoms with van der Waals surface area (Å²) in [4.78, 5) is 23.7. The first-order valence-electron chi connectivity index (χ1n) is 8.27. The van der Waals surface area contributed by atoms with Crippen molar-refractivity contribution in [3.05, 3.63) is 94.4 Å². The maximum Gasteiger partial charge on any atom is 0.317 e. The van der Waals surface area contributed by atoms with E-state index in [4.69, 9.17) is 5.21 Å². The van der Waals surface area contributed by atoms with Gasteiger partial charge in [0.05, 0.1) is 21.1 Å². The van der Waals surface area contributed by atoms with E-state index in [1.54, 1.807) is 42.5 Å². The molecule has 28 heavy (non-hydrogen) atoms. The van der Waals surface area contributed by atoms with Gasteiger partial charge >= 0.3 is 5.69 Å². The number of nitrogens with zero attached hydrogens (tertiary/aromatic N) is 1. The third kappa shape index (κ3) is 4.07. The van der Waals surface area contributed by atoms with Gasteiger partial charge in [-0.15, -0.1) is 0 Å². The SMILES string of the molecule is Cc1ccc(S(=O)(=O)Nc2ccc([N+](=O)O)cc2C(=O)c2ccccc2)cc1. The number of hydrogen-bond donors (Lipinski definition) is 2. The van der Waals surface area contributed by atoms with Crippen LogP contribution in [0.25, 0.3) is 0 Å². The summed E-state index contributed by atoms with van der Waals surface area (Å²) in [5.41, 5.74) is 0.958. The van der Waals surface area contributed by atoms with Gasteiger partial charge in [0.25, 0.3) is 14.9 Å². The van der Waals surface area contributed by atoms with Crippen LogP contribution in [-0.2, 0) is 10.0 Å². The second-order valence-electron chi connectivity index (χ2n) is 6.12. The molecule has 0 aromatic heterocycles. The van der Waals surface area contributed by atoms with Gasteiger partial charge in [-0.25, -0.2) is 13.6 Å². The normalized spacial score (nSPS) is 11.0. The summed E-state index contributed by atoms with van der Waals surface area (Å²) in [6, 6.07) is 18.1. The van der Waals surface area contributed by atoms with Crippen LogP contribution in [0.3, 0.4) is 0 Å². The zero-order valence-electron chi connectivity index (χ0n) is 14.9. The number of ketones is 1. The van der Waals surface area contributed by atoms with Crippen molar-refractivity contribution in [1.82, 2.24) is 0 Å². The summed E-state index contributed by atoms with van der Waals surface area (Å²) >= 11 is 0. The molecule has 0 radical (unpaired) electrons. The number of sulfonamides is 1. The Bertz CT molecular complexity index is 1140. The molecule has 0 aliphatic carbocycles. The van der Waals surface area contributed by atoms with Gasteiger partial charge in [0.2, 0.25) is 0 Å². The van der Waals surface area contributed by atoms with Crippen LogP contribution in [0.1, 0.15) is 21.5 Å². The van der Waals surface area contributed by atoms with Gasteiger partial charge in [-0.2, -0.15) is 0 Å². The Labute approximate surface area is 161 Å². The van der Waals surface area contributed by atoms with E-state index in [2.05, 4.69) is 4.72 Å². The first kappa shape index (κ1) is 19.2. The van der Waals surface area contributed by atoms with Gasteiger partial charge in [0.15, 0.2) is 5.78 Å². The average molecular weight is 397 g/mol. The molecule has 0 saturated heterocycles. The minimum absolute atomic E-state index is 0.0000260. The summed E-state index contributed by atoms with van der Waals surface area (Å²) < 4.78 is 27.8. The lowest BCUT2D eigenvalue weighted by Crippen LogP contribution is -2.16. The van der Waals surface area contributed by atoms with Crippen molar-refractivity contribution in [3.63, 3.8) is 0 Å². The number of hydrogen-bond acceptors (Lipinski definition) is 4. The average Bonchev–Trinajstić information content (AvgIpc) is 2.68. The van der Waals surface area contributed by atoms with E-state index in [0.29, 0.717) is 5.56 Å². The molecule has 3 rings (SSSR count). The lowest BCUT2D eigenvalue weighted by Gasteiger charge is -2.12. The minimum Gasteiger partial charge on any atom is -0.289 e. The summed E-state index contributed by atoms with van der Waals surface area (Å²) in [5.74, 6) is -0.495. The van der Waals surface area contributed by atoms with Gasteiger partial charge in [-0.3, -0.25) is 9.52 Å². The van der Waals surface area contributed by atoms with Crippen LogP contribution in [0.5, 0.6) is 0 Å². The Morgan fingerprint density at radius 2 is 1.61 bits per heavy atom. The number of nitrogens with one attached hydrogen (secondary N) is 1. The van der Waals surface area contributed by atoms with Gasteiger partial charge in [-0.05, 0) is 25.1 Å². The van der Waals surface area contributed by atoms with Gasteiger partial charge < -0.3 is 0 Å². The standard InChI is InChI=1S/C20H16N2O5S/c1-14-7-10-17(11-8-14)28(26,27)21-19-12-9-16(22(24)25)13-18(19)20(23)15-5-3-2-4-6-15/h2-13H,1H3,(H-,21,23,24,25)/p+1. The van der Waals surface area contributed by atoms with Crippen LogP contribution in [-0.4, -0.2) is 24.3 Å². The summed E-state index contributed by atoms with van der Waals surface area (Å²) in [5, 5.41) is 9.16. The van der Waals surface area contributed by atoms with Crippen molar-refractivity contribution < 1.29 is 23.3 Å². The van der Waals surface area contributed by atoms with Crippen molar-refractivity contribution in [2.75, 3.05) is 4.72 Å². The predicted molar refractivity (Wildman–Crippen MR) is 103 cm³/mol. The molecule has 3 aromatic rings. The molecule has 142 valence electrons. The molecule has 0 aliphatic rings. The van der Waals surface area contributed by atoms with Crippen LogP contribution in [0.2, 0.25) is 0 Å². The molecule has 0 heterocycles. The molecule has 0 amide bonds. The fourth-order valence-corrected chi connectivity index (χ4v) is 3.67. The molecule has 0 spiro atoms. The molecular formula is C20H17N2O5S+. The Kier molecular flexibility index (Phi) is 5.23. The van der Waals surface area contributed by atoms with Gasteiger partial charge in [-0.1, -0.05) is 48.0 Å². The summed E-state index contributed by atoms with van der Waals surface area (Å²) in [6.07, 6.45) is 0. The Hall–Kier alpha value is -3.52. The molecule has 2 N–H and O–H groups in total. The minimum atomic E-state index is -3.96. The van der Waals surface area contributed by atoms with Gasteiger partial charge in [0, 0.05) is 17.7 Å². The Morgan fingerprint density at radius 3 is 2.21 bits per heavy atom. The van der Waals surface area contributed by atoms with E-state index < -0.39 is 15.8 Å². The fourth-order valence-electron chi connectivity index (χ4n) is 2.59. The molecular weight excluding hydrogens is 380 g/mol.